The smallest absolute Gasteiger partial charge is 0.257 e. The Morgan fingerprint density at radius 2 is 1.62 bits per heavy atom. The predicted molar refractivity (Wildman–Crippen MR) is 135 cm³/mol. The first-order chi connectivity index (χ1) is 16.2. The lowest BCUT2D eigenvalue weighted by Gasteiger charge is -2.16. The van der Waals surface area contributed by atoms with Gasteiger partial charge in [0.2, 0.25) is 0 Å². The molecular formula is C27H26N2O4S. The van der Waals surface area contributed by atoms with Crippen LogP contribution in [0.25, 0.3) is 16.8 Å². The number of carbonyl (C=O) groups excluding carboxylic acids is 1. The third kappa shape index (κ3) is 4.61. The van der Waals surface area contributed by atoms with Gasteiger partial charge in [0.25, 0.3) is 5.91 Å². The van der Waals surface area contributed by atoms with E-state index < -0.39 is 9.84 Å². The number of aromatic nitrogens is 1. The van der Waals surface area contributed by atoms with E-state index in [1.165, 1.54) is 12.1 Å². The maximum Gasteiger partial charge on any atom is 0.257 e. The Labute approximate surface area is 199 Å². The van der Waals surface area contributed by atoms with Gasteiger partial charge in [-0.3, -0.25) is 4.79 Å². The number of rotatable bonds is 6. The molecule has 1 heterocycles. The average Bonchev–Trinajstić information content (AvgIpc) is 3.12. The number of hydrogen-bond donors (Lipinski definition) is 1. The maximum atomic E-state index is 13.1. The molecule has 1 N–H and O–H groups in total. The predicted octanol–water partition coefficient (Wildman–Crippen LogP) is 5.43. The minimum Gasteiger partial charge on any atom is -0.497 e. The summed E-state index contributed by atoms with van der Waals surface area (Å²) >= 11 is 0. The fourth-order valence-electron chi connectivity index (χ4n) is 4.05. The highest BCUT2D eigenvalue weighted by Crippen LogP contribution is 2.32. The molecule has 174 valence electrons. The van der Waals surface area contributed by atoms with Gasteiger partial charge in [-0.1, -0.05) is 30.3 Å². The topological polar surface area (TPSA) is 77.4 Å². The van der Waals surface area contributed by atoms with E-state index in [0.717, 1.165) is 40.2 Å². The number of nitrogens with zero attached hydrogens (tertiary/aromatic N) is 1. The van der Waals surface area contributed by atoms with Crippen LogP contribution in [0.1, 0.15) is 21.7 Å². The molecule has 4 aromatic rings. The summed E-state index contributed by atoms with van der Waals surface area (Å²) < 4.78 is 30.8. The number of hydrogen-bond acceptors (Lipinski definition) is 4. The Hall–Kier alpha value is -3.84. The Bertz CT molecular complexity index is 1470. The van der Waals surface area contributed by atoms with Crippen molar-refractivity contribution in [3.05, 3.63) is 95.8 Å². The molecule has 0 unspecified atom stereocenters. The van der Waals surface area contributed by atoms with Crippen molar-refractivity contribution in [3.63, 3.8) is 0 Å². The molecule has 1 amide bonds. The van der Waals surface area contributed by atoms with E-state index in [1.54, 1.807) is 19.2 Å². The lowest BCUT2D eigenvalue weighted by molar-refractivity contribution is 0.102. The van der Waals surface area contributed by atoms with Crippen molar-refractivity contribution in [2.75, 3.05) is 18.7 Å². The number of aryl methyl sites for hydroxylation is 1. The van der Waals surface area contributed by atoms with Gasteiger partial charge in [0.15, 0.2) is 9.84 Å². The third-order valence-corrected chi connectivity index (χ3v) is 6.87. The molecule has 4 rings (SSSR count). The van der Waals surface area contributed by atoms with Gasteiger partial charge in [-0.25, -0.2) is 8.42 Å². The van der Waals surface area contributed by atoms with E-state index in [9.17, 15) is 13.2 Å². The molecule has 34 heavy (non-hydrogen) atoms. The monoisotopic (exact) mass is 474 g/mol. The number of para-hydroxylation sites is 1. The Kier molecular flexibility index (Phi) is 6.30. The summed E-state index contributed by atoms with van der Waals surface area (Å²) in [6.07, 6.45) is 1.15. The second kappa shape index (κ2) is 9.19. The summed E-state index contributed by atoms with van der Waals surface area (Å²) in [4.78, 5) is 13.3. The molecule has 0 radical (unpaired) electrons. The molecule has 0 bridgehead atoms. The molecule has 3 aromatic carbocycles. The van der Waals surface area contributed by atoms with Crippen LogP contribution in [0.2, 0.25) is 0 Å². The van der Waals surface area contributed by atoms with Crippen LogP contribution >= 0.6 is 0 Å². The average molecular weight is 475 g/mol. The van der Waals surface area contributed by atoms with Gasteiger partial charge in [-0.05, 0) is 67.9 Å². The largest absolute Gasteiger partial charge is 0.497 e. The van der Waals surface area contributed by atoms with Crippen LogP contribution in [-0.2, 0) is 9.84 Å². The normalized spacial score (nSPS) is 11.3. The molecule has 0 aliphatic rings. The number of sulfone groups is 1. The Balaban J connectivity index is 1.69. The molecule has 0 saturated carbocycles. The molecule has 0 atom stereocenters. The zero-order valence-corrected chi connectivity index (χ0v) is 20.3. The molecule has 6 nitrogen and oxygen atoms in total. The van der Waals surface area contributed by atoms with Crippen molar-refractivity contribution in [2.24, 2.45) is 0 Å². The van der Waals surface area contributed by atoms with Crippen LogP contribution in [0.15, 0.2) is 83.8 Å². The maximum absolute atomic E-state index is 13.1. The Morgan fingerprint density at radius 1 is 0.912 bits per heavy atom. The zero-order chi connectivity index (χ0) is 24.5. The lowest BCUT2D eigenvalue weighted by atomic mass is 10.0. The van der Waals surface area contributed by atoms with Crippen molar-refractivity contribution >= 4 is 21.4 Å². The fraction of sp³-hybridized carbons (Fsp3) is 0.148. The summed E-state index contributed by atoms with van der Waals surface area (Å²) in [6.45, 7) is 3.88. The van der Waals surface area contributed by atoms with Crippen LogP contribution in [0.3, 0.4) is 0 Å². The number of benzene rings is 3. The van der Waals surface area contributed by atoms with Crippen LogP contribution in [-0.4, -0.2) is 32.3 Å². The van der Waals surface area contributed by atoms with Crippen molar-refractivity contribution < 1.29 is 17.9 Å². The van der Waals surface area contributed by atoms with E-state index >= 15 is 0 Å². The molecule has 0 spiro atoms. The van der Waals surface area contributed by atoms with Crippen molar-refractivity contribution in [2.45, 2.75) is 18.7 Å². The lowest BCUT2D eigenvalue weighted by Crippen LogP contribution is -2.13. The van der Waals surface area contributed by atoms with Gasteiger partial charge >= 0.3 is 0 Å². The van der Waals surface area contributed by atoms with Gasteiger partial charge in [0, 0.05) is 28.9 Å². The number of methoxy groups -OCH3 is 1. The number of anilines is 1. The number of nitrogens with one attached hydrogen (secondary N) is 1. The van der Waals surface area contributed by atoms with Crippen molar-refractivity contribution in [1.29, 1.82) is 0 Å². The third-order valence-electron chi connectivity index (χ3n) is 5.74. The summed E-state index contributed by atoms with van der Waals surface area (Å²) in [6, 6.07) is 23.9. The second-order valence-corrected chi connectivity index (χ2v) is 10.1. The zero-order valence-electron chi connectivity index (χ0n) is 19.5. The second-order valence-electron chi connectivity index (χ2n) is 8.12. The number of amides is 1. The van der Waals surface area contributed by atoms with Crippen molar-refractivity contribution in [1.82, 2.24) is 4.57 Å². The highest BCUT2D eigenvalue weighted by atomic mass is 32.2. The van der Waals surface area contributed by atoms with E-state index in [-0.39, 0.29) is 10.8 Å². The fourth-order valence-corrected chi connectivity index (χ4v) is 4.68. The number of carbonyl (C=O) groups is 1. The molecule has 1 aromatic heterocycles. The highest BCUT2D eigenvalue weighted by Gasteiger charge is 2.19. The summed E-state index contributed by atoms with van der Waals surface area (Å²) in [5, 5.41) is 2.87. The summed E-state index contributed by atoms with van der Waals surface area (Å²) in [5.41, 5.74) is 5.79. The molecule has 0 aliphatic carbocycles. The first-order valence-corrected chi connectivity index (χ1v) is 12.6. The van der Waals surface area contributed by atoms with Crippen molar-refractivity contribution in [3.8, 4) is 22.6 Å². The molecule has 0 aliphatic heterocycles. The molecular weight excluding hydrogens is 448 g/mol. The van der Waals surface area contributed by atoms with Crippen LogP contribution in [0, 0.1) is 13.8 Å². The van der Waals surface area contributed by atoms with E-state index in [0.29, 0.717) is 11.3 Å². The first-order valence-electron chi connectivity index (χ1n) is 10.7. The quantitative estimate of drug-likeness (QED) is 0.404. The van der Waals surface area contributed by atoms with Gasteiger partial charge in [0.1, 0.15) is 5.75 Å². The van der Waals surface area contributed by atoms with Crippen LogP contribution < -0.4 is 10.1 Å². The van der Waals surface area contributed by atoms with Crippen LogP contribution in [0.4, 0.5) is 5.69 Å². The summed E-state index contributed by atoms with van der Waals surface area (Å²) in [5.74, 6) is 0.514. The van der Waals surface area contributed by atoms with E-state index in [4.69, 9.17) is 4.74 Å². The van der Waals surface area contributed by atoms with Gasteiger partial charge in [0.05, 0.1) is 23.3 Å². The minimum absolute atomic E-state index is 0.206. The Morgan fingerprint density at radius 3 is 2.29 bits per heavy atom. The number of ether oxygens (including phenoxy) is 1. The first kappa shape index (κ1) is 23.3. The minimum atomic E-state index is -3.30. The van der Waals surface area contributed by atoms with E-state index in [2.05, 4.69) is 9.88 Å². The molecule has 0 saturated heterocycles. The van der Waals surface area contributed by atoms with E-state index in [1.807, 2.05) is 68.4 Å². The standard InChI is InChI=1S/C27H26N2O4S/c1-18-16-25(27(30)28-21-12-14-23(15-13-21)34(4,31)32)19(2)29(18)26-11-6-5-10-24(26)20-8-7-9-22(17-20)33-3/h5-17H,1-4H3,(H,28,30). The SMILES string of the molecule is COc1cccc(-c2ccccc2-n2c(C)cc(C(=O)Nc3ccc(S(C)(=O)=O)cc3)c2C)c1. The van der Waals surface area contributed by atoms with Gasteiger partial charge < -0.3 is 14.6 Å². The highest BCUT2D eigenvalue weighted by molar-refractivity contribution is 7.90. The molecule has 0 fully saturated rings. The summed E-state index contributed by atoms with van der Waals surface area (Å²) in [7, 11) is -1.65. The van der Waals surface area contributed by atoms with Crippen LogP contribution in [0.5, 0.6) is 5.75 Å². The molecule has 7 heteroatoms. The van der Waals surface area contributed by atoms with Gasteiger partial charge in [-0.15, -0.1) is 0 Å². The van der Waals surface area contributed by atoms with Gasteiger partial charge in [-0.2, -0.15) is 0 Å².